The minimum absolute atomic E-state index is 0.0558. The number of nitrogens with zero attached hydrogens (tertiary/aromatic N) is 5. The van der Waals surface area contributed by atoms with Crippen LogP contribution >= 0.6 is 11.6 Å². The largest absolute Gasteiger partial charge is 0.447 e. The maximum Gasteiger partial charge on any atom is 0.416 e. The first kappa shape index (κ1) is 37.6. The van der Waals surface area contributed by atoms with E-state index in [0.29, 0.717) is 34.3 Å². The average molecular weight is 742 g/mol. The van der Waals surface area contributed by atoms with Gasteiger partial charge in [-0.25, -0.2) is 14.5 Å². The number of hydrogen-bond donors (Lipinski definition) is 2. The van der Waals surface area contributed by atoms with E-state index in [4.69, 9.17) is 16.3 Å². The molecule has 0 saturated heterocycles. The molecule has 0 atom stereocenters. The normalized spacial score (nSPS) is 11.4. The molecule has 11 heteroatoms. The third-order valence-electron chi connectivity index (χ3n) is 8.96. The summed E-state index contributed by atoms with van der Waals surface area (Å²) in [5, 5.41) is 11.9. The number of halogens is 1. The molecular formula is C43H44ClN7O3. The van der Waals surface area contributed by atoms with Gasteiger partial charge in [0, 0.05) is 30.7 Å². The molecule has 54 heavy (non-hydrogen) atoms. The predicted octanol–water partition coefficient (Wildman–Crippen LogP) is 9.10. The van der Waals surface area contributed by atoms with Crippen molar-refractivity contribution in [3.8, 4) is 0 Å². The highest BCUT2D eigenvalue weighted by atomic mass is 35.5. The summed E-state index contributed by atoms with van der Waals surface area (Å²) in [6.07, 6.45) is 2.69. The Balaban J connectivity index is 1.18. The molecule has 2 aromatic heterocycles. The van der Waals surface area contributed by atoms with E-state index >= 15 is 0 Å². The second-order valence-electron chi connectivity index (χ2n) is 13.9. The number of amides is 2. The molecule has 2 N–H and O–H groups in total. The molecule has 4 aromatic carbocycles. The van der Waals surface area contributed by atoms with Crippen molar-refractivity contribution in [3.63, 3.8) is 0 Å². The maximum absolute atomic E-state index is 13.7. The first-order valence-corrected chi connectivity index (χ1v) is 18.0. The summed E-state index contributed by atoms with van der Waals surface area (Å²) in [5.41, 5.74) is 3.39. The molecule has 0 fully saturated rings. The number of aromatic nitrogens is 3. The van der Waals surface area contributed by atoms with Gasteiger partial charge in [-0.05, 0) is 67.8 Å². The van der Waals surface area contributed by atoms with Crippen molar-refractivity contribution in [2.24, 2.45) is 0 Å². The monoisotopic (exact) mass is 741 g/mol. The Bertz CT molecular complexity index is 2070. The van der Waals surface area contributed by atoms with E-state index in [9.17, 15) is 9.59 Å². The van der Waals surface area contributed by atoms with Crippen molar-refractivity contribution in [1.29, 1.82) is 0 Å². The second kappa shape index (κ2) is 16.3. The van der Waals surface area contributed by atoms with Crippen molar-refractivity contribution in [2.45, 2.75) is 38.4 Å². The molecule has 6 aromatic rings. The van der Waals surface area contributed by atoms with Gasteiger partial charge in [-0.1, -0.05) is 103 Å². The van der Waals surface area contributed by atoms with Crippen LogP contribution in [0.5, 0.6) is 0 Å². The number of rotatable bonds is 12. The number of pyridine rings is 1. The first-order valence-electron chi connectivity index (χ1n) is 17.7. The highest BCUT2D eigenvalue weighted by molar-refractivity contribution is 6.31. The molecule has 0 aliphatic heterocycles. The van der Waals surface area contributed by atoms with Gasteiger partial charge in [-0.2, -0.15) is 5.10 Å². The predicted molar refractivity (Wildman–Crippen MR) is 217 cm³/mol. The minimum atomic E-state index is -0.748. The van der Waals surface area contributed by atoms with Crippen molar-refractivity contribution < 1.29 is 14.3 Å². The standard InChI is InChI=1S/C43H44ClN7O3/c1-42(2,3)51(38-24-22-35(30-45-38)47-40(52)36-23-21-34(44)29-37(36)49(4)5)41(53)54-28-27-50-39(25-26-46-50)48-43(31-15-9-6-10-16-31,32-17-11-7-12-18-32)33-19-13-8-14-20-33/h6-26,29-30,48H,27-28H2,1-5H3,(H,47,52). The van der Waals surface area contributed by atoms with Crippen LogP contribution in [0.2, 0.25) is 5.02 Å². The quantitative estimate of drug-likeness (QED) is 0.121. The maximum atomic E-state index is 13.7. The number of carbonyl (C=O) groups excluding carboxylic acids is 2. The summed E-state index contributed by atoms with van der Waals surface area (Å²) >= 11 is 6.17. The van der Waals surface area contributed by atoms with Crippen LogP contribution in [0, 0.1) is 0 Å². The smallest absolute Gasteiger partial charge is 0.416 e. The summed E-state index contributed by atoms with van der Waals surface area (Å²) in [6, 6.07) is 41.4. The lowest BCUT2D eigenvalue weighted by atomic mass is 9.77. The fraction of sp³-hybridized carbons (Fsp3) is 0.209. The van der Waals surface area contributed by atoms with Crippen LogP contribution in [0.4, 0.5) is 27.8 Å². The molecule has 2 amide bonds. The van der Waals surface area contributed by atoms with Crippen molar-refractivity contribution >= 4 is 46.6 Å². The van der Waals surface area contributed by atoms with Gasteiger partial charge in [0.1, 0.15) is 23.8 Å². The summed E-state index contributed by atoms with van der Waals surface area (Å²) in [5.74, 6) is 0.828. The third-order valence-corrected chi connectivity index (χ3v) is 9.19. The Labute approximate surface area is 321 Å². The molecular weight excluding hydrogens is 698 g/mol. The molecule has 10 nitrogen and oxygen atoms in total. The Morgan fingerprint density at radius 2 is 1.39 bits per heavy atom. The van der Waals surface area contributed by atoms with E-state index in [0.717, 1.165) is 22.5 Å². The van der Waals surface area contributed by atoms with Crippen molar-refractivity contribution in [2.75, 3.05) is 41.1 Å². The van der Waals surface area contributed by atoms with Crippen LogP contribution in [-0.2, 0) is 16.8 Å². The van der Waals surface area contributed by atoms with Gasteiger partial charge in [0.25, 0.3) is 5.91 Å². The Morgan fingerprint density at radius 1 is 0.796 bits per heavy atom. The zero-order valence-electron chi connectivity index (χ0n) is 31.0. The highest BCUT2D eigenvalue weighted by Gasteiger charge is 2.37. The van der Waals surface area contributed by atoms with E-state index in [1.54, 1.807) is 41.2 Å². The Kier molecular flexibility index (Phi) is 11.3. The van der Waals surface area contributed by atoms with Gasteiger partial charge in [-0.15, -0.1) is 0 Å². The topological polar surface area (TPSA) is 105 Å². The minimum Gasteiger partial charge on any atom is -0.447 e. The molecule has 0 aliphatic rings. The first-order chi connectivity index (χ1) is 26.0. The number of anilines is 4. The fourth-order valence-corrected chi connectivity index (χ4v) is 6.61. The van der Waals surface area contributed by atoms with E-state index in [1.165, 1.54) is 11.1 Å². The van der Waals surface area contributed by atoms with Crippen molar-refractivity contribution in [1.82, 2.24) is 14.8 Å². The van der Waals surface area contributed by atoms with Crippen LogP contribution in [-0.4, -0.2) is 53.0 Å². The third kappa shape index (κ3) is 8.24. The van der Waals surface area contributed by atoms with Crippen LogP contribution in [0.1, 0.15) is 47.8 Å². The number of carbonyl (C=O) groups is 2. The molecule has 0 unspecified atom stereocenters. The van der Waals surface area contributed by atoms with Crippen molar-refractivity contribution in [3.05, 3.63) is 167 Å². The lowest BCUT2D eigenvalue weighted by molar-refractivity contribution is 0.102. The SMILES string of the molecule is CN(C)c1cc(Cl)ccc1C(=O)Nc1ccc(N(C(=O)OCCn2nccc2NC(c2ccccc2)(c2ccccc2)c2ccccc2)C(C)(C)C)nc1. The second-order valence-corrected chi connectivity index (χ2v) is 14.4. The molecule has 276 valence electrons. The van der Waals surface area contributed by atoms with Crippen LogP contribution in [0.3, 0.4) is 0 Å². The zero-order chi connectivity index (χ0) is 38.3. The lowest BCUT2D eigenvalue weighted by Crippen LogP contribution is -2.47. The highest BCUT2D eigenvalue weighted by Crippen LogP contribution is 2.40. The number of ether oxygens (including phenoxy) is 1. The van der Waals surface area contributed by atoms with Gasteiger partial charge in [0.15, 0.2) is 0 Å². The van der Waals surface area contributed by atoms with Gasteiger partial charge >= 0.3 is 6.09 Å². The van der Waals surface area contributed by atoms with Gasteiger partial charge in [-0.3, -0.25) is 9.69 Å². The van der Waals surface area contributed by atoms with Gasteiger partial charge in [0.05, 0.1) is 35.9 Å². The van der Waals surface area contributed by atoms with Gasteiger partial charge in [0.2, 0.25) is 0 Å². The molecule has 0 spiro atoms. The molecule has 2 heterocycles. The van der Waals surface area contributed by atoms with Crippen LogP contribution in [0.25, 0.3) is 0 Å². The molecule has 0 radical (unpaired) electrons. The van der Waals surface area contributed by atoms with Crippen LogP contribution < -0.4 is 20.4 Å². The number of nitrogens with one attached hydrogen (secondary N) is 2. The molecule has 6 rings (SSSR count). The van der Waals surface area contributed by atoms with Gasteiger partial charge < -0.3 is 20.3 Å². The number of benzene rings is 4. The van der Waals surface area contributed by atoms with E-state index < -0.39 is 17.2 Å². The summed E-state index contributed by atoms with van der Waals surface area (Å²) in [6.45, 7) is 6.06. The Hall–Kier alpha value is -6.13. The lowest BCUT2D eigenvalue weighted by Gasteiger charge is -2.37. The van der Waals surface area contributed by atoms with E-state index in [2.05, 4.69) is 57.1 Å². The molecule has 0 saturated carbocycles. The summed E-state index contributed by atoms with van der Waals surface area (Å²) in [7, 11) is 3.69. The summed E-state index contributed by atoms with van der Waals surface area (Å²) in [4.78, 5) is 34.7. The number of hydrogen-bond acceptors (Lipinski definition) is 7. The average Bonchev–Trinajstić information content (AvgIpc) is 3.61. The van der Waals surface area contributed by atoms with E-state index in [-0.39, 0.29) is 12.5 Å². The fourth-order valence-electron chi connectivity index (χ4n) is 6.44. The van der Waals surface area contributed by atoms with Crippen LogP contribution in [0.15, 0.2) is 140 Å². The molecule has 0 bridgehead atoms. The zero-order valence-corrected chi connectivity index (χ0v) is 31.8. The summed E-state index contributed by atoms with van der Waals surface area (Å²) < 4.78 is 7.67. The Morgan fingerprint density at radius 3 is 1.91 bits per heavy atom. The molecule has 0 aliphatic carbocycles. The van der Waals surface area contributed by atoms with E-state index in [1.807, 2.05) is 100 Å².